The summed E-state index contributed by atoms with van der Waals surface area (Å²) in [7, 11) is 0. The molecule has 0 saturated heterocycles. The first kappa shape index (κ1) is 22.9. The number of fused-ring (bicyclic) bond motifs is 1. The average molecular weight is 472 g/mol. The van der Waals surface area contributed by atoms with Crippen LogP contribution in [0.15, 0.2) is 18.2 Å². The standard InChI is InChI=1S/C21H33N2O2.HI/c1-5-8-9-10-11-12-15-23-17(4)22(6-2)20-16-18(13-14-19(20)23)21(24)25-7-3;/h13-14,16H,5-12,15H2,1-4H3;1H/q+1;/p-1. The molecule has 26 heavy (non-hydrogen) atoms. The van der Waals surface area contributed by atoms with Crippen LogP contribution in [-0.2, 0) is 17.8 Å². The van der Waals surface area contributed by atoms with Crippen LogP contribution in [0.25, 0.3) is 11.0 Å². The van der Waals surface area contributed by atoms with E-state index >= 15 is 0 Å². The third-order valence-electron chi connectivity index (χ3n) is 4.90. The quantitative estimate of drug-likeness (QED) is 0.229. The van der Waals surface area contributed by atoms with Crippen molar-refractivity contribution >= 4 is 17.0 Å². The highest BCUT2D eigenvalue weighted by molar-refractivity contribution is 5.93. The van der Waals surface area contributed by atoms with E-state index in [0.29, 0.717) is 12.2 Å². The predicted octanol–water partition coefficient (Wildman–Crippen LogP) is 1.80. The van der Waals surface area contributed by atoms with E-state index < -0.39 is 0 Å². The largest absolute Gasteiger partial charge is 1.00 e. The van der Waals surface area contributed by atoms with Crippen LogP contribution in [0.4, 0.5) is 0 Å². The molecule has 0 amide bonds. The lowest BCUT2D eigenvalue weighted by Gasteiger charge is -2.02. The molecular formula is C21H33IN2O2. The lowest BCUT2D eigenvalue weighted by molar-refractivity contribution is -0.678. The highest BCUT2D eigenvalue weighted by Gasteiger charge is 2.22. The normalized spacial score (nSPS) is 10.8. The van der Waals surface area contributed by atoms with Crippen molar-refractivity contribution < 1.29 is 38.1 Å². The number of carbonyl (C=O) groups is 1. The van der Waals surface area contributed by atoms with Crippen LogP contribution < -0.4 is 28.5 Å². The number of aromatic nitrogens is 2. The van der Waals surface area contributed by atoms with Crippen LogP contribution in [0, 0.1) is 6.92 Å². The molecule has 0 fully saturated rings. The van der Waals surface area contributed by atoms with E-state index in [4.69, 9.17) is 4.74 Å². The van der Waals surface area contributed by atoms with Gasteiger partial charge in [-0.25, -0.2) is 13.9 Å². The van der Waals surface area contributed by atoms with Crippen molar-refractivity contribution in [2.45, 2.75) is 79.3 Å². The second-order valence-electron chi connectivity index (χ2n) is 6.63. The summed E-state index contributed by atoms with van der Waals surface area (Å²) in [4.78, 5) is 12.0. The van der Waals surface area contributed by atoms with Gasteiger partial charge in [0.15, 0.2) is 11.0 Å². The first-order valence-electron chi connectivity index (χ1n) is 9.83. The van der Waals surface area contributed by atoms with Crippen molar-refractivity contribution in [2.24, 2.45) is 0 Å². The molecule has 0 aliphatic carbocycles. The first-order chi connectivity index (χ1) is 12.1. The maximum Gasteiger partial charge on any atom is 0.338 e. The van der Waals surface area contributed by atoms with Gasteiger partial charge in [0.1, 0.15) is 0 Å². The molecule has 4 nitrogen and oxygen atoms in total. The van der Waals surface area contributed by atoms with Crippen molar-refractivity contribution in [3.8, 4) is 0 Å². The lowest BCUT2D eigenvalue weighted by Crippen LogP contribution is -3.00. The predicted molar refractivity (Wildman–Crippen MR) is 102 cm³/mol. The Morgan fingerprint density at radius 3 is 2.42 bits per heavy atom. The molecule has 2 aromatic rings. The third-order valence-corrected chi connectivity index (χ3v) is 4.90. The minimum atomic E-state index is -0.242. The Morgan fingerprint density at radius 2 is 1.77 bits per heavy atom. The van der Waals surface area contributed by atoms with Gasteiger partial charge in [0, 0.05) is 13.0 Å². The second kappa shape index (κ2) is 11.6. The Bertz CT molecular complexity index is 710. The first-order valence-corrected chi connectivity index (χ1v) is 9.83. The van der Waals surface area contributed by atoms with Crippen LogP contribution in [0.3, 0.4) is 0 Å². The maximum absolute atomic E-state index is 12.0. The number of nitrogens with zero attached hydrogens (tertiary/aromatic N) is 2. The minimum Gasteiger partial charge on any atom is -1.00 e. The maximum atomic E-state index is 12.0. The molecule has 2 rings (SSSR count). The number of halogens is 1. The van der Waals surface area contributed by atoms with Gasteiger partial charge in [0.25, 0.3) is 5.82 Å². The number of rotatable bonds is 10. The van der Waals surface area contributed by atoms with Gasteiger partial charge in [0.2, 0.25) is 0 Å². The Hall–Kier alpha value is -1.11. The number of imidazole rings is 1. The zero-order valence-corrected chi connectivity index (χ0v) is 18.8. The molecule has 5 heteroatoms. The van der Waals surface area contributed by atoms with Gasteiger partial charge in [-0.15, -0.1) is 0 Å². The minimum absolute atomic E-state index is 0. The van der Waals surface area contributed by atoms with Crippen LogP contribution in [-0.4, -0.2) is 17.1 Å². The molecule has 0 aliphatic rings. The Balaban J connectivity index is 0.00000338. The zero-order chi connectivity index (χ0) is 18.2. The summed E-state index contributed by atoms with van der Waals surface area (Å²) in [6.45, 7) is 10.8. The number of unbranched alkanes of at least 4 members (excludes halogenated alkanes) is 5. The van der Waals surface area contributed by atoms with Crippen molar-refractivity contribution in [2.75, 3.05) is 6.61 Å². The lowest BCUT2D eigenvalue weighted by atomic mass is 10.1. The molecule has 146 valence electrons. The number of ether oxygens (including phenoxy) is 1. The molecule has 0 N–H and O–H groups in total. The summed E-state index contributed by atoms with van der Waals surface area (Å²) in [6.07, 6.45) is 7.80. The van der Waals surface area contributed by atoms with Crippen molar-refractivity contribution in [1.29, 1.82) is 0 Å². The molecule has 1 heterocycles. The zero-order valence-electron chi connectivity index (χ0n) is 16.7. The molecule has 0 aliphatic heterocycles. The van der Waals surface area contributed by atoms with E-state index in [1.807, 2.05) is 19.1 Å². The summed E-state index contributed by atoms with van der Waals surface area (Å²) in [6, 6.07) is 5.93. The number of hydrogen-bond acceptors (Lipinski definition) is 2. The van der Waals surface area contributed by atoms with Crippen molar-refractivity contribution in [3.63, 3.8) is 0 Å². The van der Waals surface area contributed by atoms with Gasteiger partial charge in [-0.05, 0) is 38.8 Å². The van der Waals surface area contributed by atoms with Gasteiger partial charge < -0.3 is 28.7 Å². The van der Waals surface area contributed by atoms with E-state index in [0.717, 1.165) is 18.6 Å². The molecular weight excluding hydrogens is 439 g/mol. The number of benzene rings is 1. The highest BCUT2D eigenvalue weighted by Crippen LogP contribution is 2.18. The van der Waals surface area contributed by atoms with Gasteiger partial charge in [-0.1, -0.05) is 32.6 Å². The van der Waals surface area contributed by atoms with Crippen LogP contribution in [0.5, 0.6) is 0 Å². The molecule has 1 aromatic carbocycles. The van der Waals surface area contributed by atoms with Gasteiger partial charge in [-0.2, -0.15) is 0 Å². The van der Waals surface area contributed by atoms with Crippen molar-refractivity contribution in [3.05, 3.63) is 29.6 Å². The molecule has 0 unspecified atom stereocenters. The summed E-state index contributed by atoms with van der Waals surface area (Å²) in [5.74, 6) is 1.01. The van der Waals surface area contributed by atoms with Crippen molar-refractivity contribution in [1.82, 2.24) is 4.57 Å². The van der Waals surface area contributed by atoms with E-state index in [-0.39, 0.29) is 29.9 Å². The third kappa shape index (κ3) is 5.44. The summed E-state index contributed by atoms with van der Waals surface area (Å²) in [5.41, 5.74) is 2.96. The fraction of sp³-hybridized carbons (Fsp3) is 0.619. The summed E-state index contributed by atoms with van der Waals surface area (Å²) in [5, 5.41) is 0. The number of aryl methyl sites for hydroxylation is 2. The average Bonchev–Trinajstić information content (AvgIpc) is 2.88. The molecule has 0 spiro atoms. The molecule has 0 atom stereocenters. The fourth-order valence-electron chi connectivity index (χ4n) is 3.54. The fourth-order valence-corrected chi connectivity index (χ4v) is 3.54. The summed E-state index contributed by atoms with van der Waals surface area (Å²) < 4.78 is 9.83. The number of carbonyl (C=O) groups excluding carboxylic acids is 1. The van der Waals surface area contributed by atoms with E-state index in [2.05, 4.69) is 36.0 Å². The molecule has 0 bridgehead atoms. The Morgan fingerprint density at radius 1 is 1.08 bits per heavy atom. The van der Waals surface area contributed by atoms with E-state index in [1.54, 1.807) is 0 Å². The molecule has 0 saturated carbocycles. The smallest absolute Gasteiger partial charge is 0.338 e. The topological polar surface area (TPSA) is 35.1 Å². The van der Waals surface area contributed by atoms with Crippen LogP contribution >= 0.6 is 0 Å². The monoisotopic (exact) mass is 472 g/mol. The van der Waals surface area contributed by atoms with Crippen LogP contribution in [0.2, 0.25) is 0 Å². The van der Waals surface area contributed by atoms with E-state index in [9.17, 15) is 4.79 Å². The highest BCUT2D eigenvalue weighted by atomic mass is 127. The SMILES string of the molecule is CCCCCCCC[n+]1c(C)n(CC)c2cc(C(=O)OCC)ccc21.[I-]. The second-order valence-corrected chi connectivity index (χ2v) is 6.63. The van der Waals surface area contributed by atoms with E-state index in [1.165, 1.54) is 49.9 Å². The van der Waals surface area contributed by atoms with Gasteiger partial charge >= 0.3 is 5.97 Å². The van der Waals surface area contributed by atoms with Gasteiger partial charge in [-0.3, -0.25) is 0 Å². The Kier molecular flexibility index (Phi) is 10.2. The molecule has 1 aromatic heterocycles. The number of hydrogen-bond donors (Lipinski definition) is 0. The van der Waals surface area contributed by atoms with Crippen LogP contribution in [0.1, 0.15) is 75.5 Å². The summed E-state index contributed by atoms with van der Waals surface area (Å²) >= 11 is 0. The number of esters is 1. The Labute approximate surface area is 174 Å². The molecule has 0 radical (unpaired) electrons. The van der Waals surface area contributed by atoms with Gasteiger partial charge in [0.05, 0.1) is 25.3 Å².